The van der Waals surface area contributed by atoms with E-state index in [1.165, 1.54) is 19.2 Å². The lowest BCUT2D eigenvalue weighted by Gasteiger charge is -2.23. The molecule has 0 spiro atoms. The van der Waals surface area contributed by atoms with Crippen LogP contribution in [0.2, 0.25) is 0 Å². The summed E-state index contributed by atoms with van der Waals surface area (Å²) in [4.78, 5) is 10.3. The molecule has 118 valence electrons. The van der Waals surface area contributed by atoms with Crippen LogP contribution < -0.4 is 9.47 Å². The molecule has 0 N–H and O–H groups in total. The molecular weight excluding hydrogens is 270 g/mol. The monoisotopic (exact) mass is 295 g/mol. The van der Waals surface area contributed by atoms with Gasteiger partial charge in [0, 0.05) is 6.07 Å². The van der Waals surface area contributed by atoms with E-state index in [0.29, 0.717) is 29.4 Å². The minimum Gasteiger partial charge on any atom is -0.493 e. The number of methoxy groups -OCH3 is 1. The number of ether oxygens (including phenoxy) is 2. The number of hydrogen-bond acceptors (Lipinski definition) is 4. The average Bonchev–Trinajstić information content (AvgIpc) is 2.36. The van der Waals surface area contributed by atoms with Crippen molar-refractivity contribution in [1.29, 1.82) is 0 Å². The average molecular weight is 295 g/mol. The molecule has 1 aromatic carbocycles. The van der Waals surface area contributed by atoms with Gasteiger partial charge in [0.1, 0.15) is 0 Å². The summed E-state index contributed by atoms with van der Waals surface area (Å²) >= 11 is 0. The van der Waals surface area contributed by atoms with Crippen LogP contribution in [-0.4, -0.2) is 18.6 Å². The normalized spacial score (nSPS) is 12.8. The van der Waals surface area contributed by atoms with Gasteiger partial charge in [-0.15, -0.1) is 0 Å². The molecular formula is C16H25NO4. The highest BCUT2D eigenvalue weighted by Gasteiger charge is 2.16. The van der Waals surface area contributed by atoms with Gasteiger partial charge >= 0.3 is 0 Å². The van der Waals surface area contributed by atoms with Crippen LogP contribution in [0, 0.1) is 21.4 Å². The van der Waals surface area contributed by atoms with Gasteiger partial charge in [0.15, 0.2) is 11.5 Å². The molecule has 0 heterocycles. The third kappa shape index (κ3) is 6.02. The largest absolute Gasteiger partial charge is 0.493 e. The summed E-state index contributed by atoms with van der Waals surface area (Å²) in [7, 11) is 1.48. The Kier molecular flexibility index (Phi) is 6.00. The smallest absolute Gasteiger partial charge is 0.273 e. The van der Waals surface area contributed by atoms with Gasteiger partial charge in [-0.3, -0.25) is 10.1 Å². The SMILES string of the molecule is COc1cc([N+](=O)[O-])ccc1OCCC(C)CC(C)(C)C. The van der Waals surface area contributed by atoms with E-state index in [1.807, 2.05) is 0 Å². The molecule has 1 aromatic rings. The maximum Gasteiger partial charge on any atom is 0.273 e. The number of nitrogens with zero attached hydrogens (tertiary/aromatic N) is 1. The van der Waals surface area contributed by atoms with Crippen molar-refractivity contribution in [1.82, 2.24) is 0 Å². The minimum atomic E-state index is -0.447. The highest BCUT2D eigenvalue weighted by molar-refractivity contribution is 5.48. The molecule has 1 atom stereocenters. The molecule has 0 radical (unpaired) electrons. The number of rotatable bonds is 7. The van der Waals surface area contributed by atoms with Gasteiger partial charge in [-0.1, -0.05) is 27.7 Å². The summed E-state index contributed by atoms with van der Waals surface area (Å²) < 4.78 is 10.8. The van der Waals surface area contributed by atoms with Crippen LogP contribution in [0.4, 0.5) is 5.69 Å². The Morgan fingerprint density at radius 3 is 2.48 bits per heavy atom. The quantitative estimate of drug-likeness (QED) is 0.551. The highest BCUT2D eigenvalue weighted by Crippen LogP contribution is 2.32. The maximum absolute atomic E-state index is 10.7. The van der Waals surface area contributed by atoms with Crippen molar-refractivity contribution in [3.05, 3.63) is 28.3 Å². The van der Waals surface area contributed by atoms with Crippen molar-refractivity contribution in [2.45, 2.75) is 40.5 Å². The topological polar surface area (TPSA) is 61.6 Å². The van der Waals surface area contributed by atoms with Crippen molar-refractivity contribution in [3.8, 4) is 11.5 Å². The summed E-state index contributed by atoms with van der Waals surface area (Å²) in [5.74, 6) is 1.51. The Hall–Kier alpha value is -1.78. The zero-order valence-corrected chi connectivity index (χ0v) is 13.5. The van der Waals surface area contributed by atoms with Crippen LogP contribution in [0.1, 0.15) is 40.5 Å². The Morgan fingerprint density at radius 2 is 1.95 bits per heavy atom. The number of non-ortho nitro benzene ring substituents is 1. The van der Waals surface area contributed by atoms with Gasteiger partial charge in [0.25, 0.3) is 5.69 Å². The first kappa shape index (κ1) is 17.3. The molecule has 21 heavy (non-hydrogen) atoms. The summed E-state index contributed by atoms with van der Waals surface area (Å²) in [5.41, 5.74) is 0.310. The molecule has 5 nitrogen and oxygen atoms in total. The second-order valence-corrected chi connectivity index (χ2v) is 6.60. The lowest BCUT2D eigenvalue weighted by molar-refractivity contribution is -0.385. The van der Waals surface area contributed by atoms with Gasteiger partial charge in [-0.2, -0.15) is 0 Å². The van der Waals surface area contributed by atoms with E-state index in [4.69, 9.17) is 9.47 Å². The van der Waals surface area contributed by atoms with Crippen LogP contribution in [0.25, 0.3) is 0 Å². The predicted octanol–water partition coefficient (Wildman–Crippen LogP) is 4.44. The van der Waals surface area contributed by atoms with E-state index in [1.54, 1.807) is 6.07 Å². The van der Waals surface area contributed by atoms with E-state index in [-0.39, 0.29) is 5.69 Å². The number of benzene rings is 1. The zero-order valence-electron chi connectivity index (χ0n) is 13.5. The summed E-state index contributed by atoms with van der Waals surface area (Å²) in [6.45, 7) is 9.46. The fourth-order valence-corrected chi connectivity index (χ4v) is 2.41. The Bertz CT molecular complexity index is 480. The van der Waals surface area contributed by atoms with Crippen LogP contribution >= 0.6 is 0 Å². The van der Waals surface area contributed by atoms with Crippen molar-refractivity contribution in [2.75, 3.05) is 13.7 Å². The first-order chi connectivity index (χ1) is 9.73. The molecule has 1 rings (SSSR count). The standard InChI is InChI=1S/C16H25NO4/c1-12(11-16(2,3)4)8-9-21-14-7-6-13(17(18)19)10-15(14)20-5/h6-7,10,12H,8-9,11H2,1-5H3. The maximum atomic E-state index is 10.7. The van der Waals surface area contributed by atoms with E-state index >= 15 is 0 Å². The van der Waals surface area contributed by atoms with E-state index < -0.39 is 4.92 Å². The second kappa shape index (κ2) is 7.29. The third-order valence-electron chi connectivity index (χ3n) is 3.19. The molecule has 0 aliphatic rings. The van der Waals surface area contributed by atoms with Gasteiger partial charge in [0.05, 0.1) is 24.7 Å². The first-order valence-corrected chi connectivity index (χ1v) is 7.18. The molecule has 0 fully saturated rings. The van der Waals surface area contributed by atoms with Crippen molar-refractivity contribution < 1.29 is 14.4 Å². The van der Waals surface area contributed by atoms with E-state index in [2.05, 4.69) is 27.7 Å². The molecule has 5 heteroatoms. The third-order valence-corrected chi connectivity index (χ3v) is 3.19. The van der Waals surface area contributed by atoms with Crippen molar-refractivity contribution >= 4 is 5.69 Å². The molecule has 0 amide bonds. The molecule has 0 saturated heterocycles. The molecule has 0 aliphatic carbocycles. The van der Waals surface area contributed by atoms with Gasteiger partial charge in [-0.05, 0) is 30.2 Å². The van der Waals surface area contributed by atoms with Crippen LogP contribution in [0.3, 0.4) is 0 Å². The van der Waals surface area contributed by atoms with E-state index in [0.717, 1.165) is 12.8 Å². The Morgan fingerprint density at radius 1 is 1.29 bits per heavy atom. The van der Waals surface area contributed by atoms with Crippen molar-refractivity contribution in [3.63, 3.8) is 0 Å². The molecule has 1 unspecified atom stereocenters. The fraction of sp³-hybridized carbons (Fsp3) is 0.625. The zero-order chi connectivity index (χ0) is 16.0. The van der Waals surface area contributed by atoms with Crippen LogP contribution in [-0.2, 0) is 0 Å². The van der Waals surface area contributed by atoms with Crippen molar-refractivity contribution in [2.24, 2.45) is 11.3 Å². The van der Waals surface area contributed by atoms with Gasteiger partial charge < -0.3 is 9.47 Å². The fourth-order valence-electron chi connectivity index (χ4n) is 2.41. The lowest BCUT2D eigenvalue weighted by atomic mass is 9.84. The second-order valence-electron chi connectivity index (χ2n) is 6.60. The summed E-state index contributed by atoms with van der Waals surface area (Å²) in [5, 5.41) is 10.7. The van der Waals surface area contributed by atoms with E-state index in [9.17, 15) is 10.1 Å². The molecule has 0 aromatic heterocycles. The van der Waals surface area contributed by atoms with Crippen LogP contribution in [0.15, 0.2) is 18.2 Å². The Balaban J connectivity index is 2.57. The number of nitro groups is 1. The molecule has 0 saturated carbocycles. The lowest BCUT2D eigenvalue weighted by Crippen LogP contribution is -2.13. The van der Waals surface area contributed by atoms with Gasteiger partial charge in [-0.25, -0.2) is 0 Å². The summed E-state index contributed by atoms with van der Waals surface area (Å²) in [6.07, 6.45) is 2.07. The highest BCUT2D eigenvalue weighted by atomic mass is 16.6. The minimum absolute atomic E-state index is 0.000278. The Labute approximate surface area is 126 Å². The number of nitro benzene ring substituents is 1. The molecule has 0 aliphatic heterocycles. The molecule has 0 bridgehead atoms. The summed E-state index contributed by atoms with van der Waals surface area (Å²) in [6, 6.07) is 4.40. The first-order valence-electron chi connectivity index (χ1n) is 7.18. The van der Waals surface area contributed by atoms with Gasteiger partial charge in [0.2, 0.25) is 0 Å². The van der Waals surface area contributed by atoms with Crippen LogP contribution in [0.5, 0.6) is 11.5 Å². The number of hydrogen-bond donors (Lipinski definition) is 0. The predicted molar refractivity (Wildman–Crippen MR) is 83.0 cm³/mol.